The summed E-state index contributed by atoms with van der Waals surface area (Å²) in [6, 6.07) is 11.2. The van der Waals surface area contributed by atoms with Crippen LogP contribution in [0.1, 0.15) is 11.4 Å². The molecule has 0 atom stereocenters. The highest BCUT2D eigenvalue weighted by Crippen LogP contribution is 2.30. The van der Waals surface area contributed by atoms with Gasteiger partial charge in [0.2, 0.25) is 0 Å². The first kappa shape index (κ1) is 10.5. The summed E-state index contributed by atoms with van der Waals surface area (Å²) in [6.45, 7) is 3.88. The molecule has 3 nitrogen and oxygen atoms in total. The lowest BCUT2D eigenvalue weighted by Gasteiger charge is -2.05. The van der Waals surface area contributed by atoms with E-state index in [1.807, 2.05) is 38.1 Å². The van der Waals surface area contributed by atoms with Gasteiger partial charge in [-0.25, -0.2) is 0 Å². The molecule has 0 amide bonds. The quantitative estimate of drug-likeness (QED) is 0.711. The lowest BCUT2D eigenvalue weighted by Crippen LogP contribution is -1.88. The highest BCUT2D eigenvalue weighted by Gasteiger charge is 2.06. The summed E-state index contributed by atoms with van der Waals surface area (Å²) in [4.78, 5) is 15.0. The second-order valence-electron chi connectivity index (χ2n) is 3.75. The van der Waals surface area contributed by atoms with Gasteiger partial charge >= 0.3 is 0 Å². The van der Waals surface area contributed by atoms with Crippen LogP contribution in [0.2, 0.25) is 0 Å². The van der Waals surface area contributed by atoms with Crippen molar-refractivity contribution in [3.8, 4) is 11.1 Å². The van der Waals surface area contributed by atoms with E-state index in [9.17, 15) is 4.91 Å². The van der Waals surface area contributed by atoms with E-state index in [0.29, 0.717) is 5.69 Å². The maximum Gasteiger partial charge on any atom is 0.115 e. The zero-order valence-electron chi connectivity index (χ0n) is 9.27. The Bertz CT molecular complexity index is 515. The Hall–Kier alpha value is -2.03. The second kappa shape index (κ2) is 4.23. The Morgan fingerprint density at radius 1 is 1.06 bits per heavy atom. The summed E-state index contributed by atoms with van der Waals surface area (Å²) < 4.78 is 0. The van der Waals surface area contributed by atoms with Gasteiger partial charge in [-0.05, 0) is 42.8 Å². The molecule has 0 fully saturated rings. The molecule has 2 rings (SSSR count). The molecule has 1 aromatic carbocycles. The number of nitroso groups, excluding NO2 is 1. The van der Waals surface area contributed by atoms with Gasteiger partial charge in [0.15, 0.2) is 0 Å². The molecule has 1 heterocycles. The second-order valence-corrected chi connectivity index (χ2v) is 3.75. The summed E-state index contributed by atoms with van der Waals surface area (Å²) >= 11 is 0. The van der Waals surface area contributed by atoms with E-state index < -0.39 is 0 Å². The Morgan fingerprint density at radius 2 is 1.69 bits per heavy atom. The lowest BCUT2D eigenvalue weighted by atomic mass is 10.0. The van der Waals surface area contributed by atoms with Crippen molar-refractivity contribution in [2.75, 3.05) is 0 Å². The Kier molecular flexibility index (Phi) is 2.77. The summed E-state index contributed by atoms with van der Waals surface area (Å²) in [5.74, 6) is 0. The number of hydrogen-bond acceptors (Lipinski definition) is 3. The van der Waals surface area contributed by atoms with Crippen molar-refractivity contribution >= 4 is 5.69 Å². The maximum absolute atomic E-state index is 10.7. The summed E-state index contributed by atoms with van der Waals surface area (Å²) in [5.41, 5.74) is 4.19. The van der Waals surface area contributed by atoms with Crippen LogP contribution in [0.5, 0.6) is 0 Å². The minimum atomic E-state index is 0.465. The fourth-order valence-corrected chi connectivity index (χ4v) is 1.79. The molecule has 16 heavy (non-hydrogen) atoms. The van der Waals surface area contributed by atoms with Gasteiger partial charge in [0.05, 0.1) is 0 Å². The molecule has 0 aliphatic rings. The van der Waals surface area contributed by atoms with Gasteiger partial charge in [-0.15, -0.1) is 4.91 Å². The van der Waals surface area contributed by atoms with Crippen LogP contribution in [0.4, 0.5) is 5.69 Å². The highest BCUT2D eigenvalue weighted by atomic mass is 16.3. The Balaban J connectivity index is 2.62. The van der Waals surface area contributed by atoms with Crippen LogP contribution in [0.25, 0.3) is 11.1 Å². The van der Waals surface area contributed by atoms with Crippen LogP contribution < -0.4 is 0 Å². The van der Waals surface area contributed by atoms with Crippen LogP contribution in [-0.4, -0.2) is 4.98 Å². The van der Waals surface area contributed by atoms with Gasteiger partial charge < -0.3 is 0 Å². The van der Waals surface area contributed by atoms with E-state index in [1.54, 1.807) is 12.1 Å². The van der Waals surface area contributed by atoms with E-state index in [4.69, 9.17) is 0 Å². The van der Waals surface area contributed by atoms with Crippen molar-refractivity contribution in [2.45, 2.75) is 13.8 Å². The molecule has 0 saturated heterocycles. The molecule has 0 radical (unpaired) electrons. The zero-order chi connectivity index (χ0) is 11.5. The average molecular weight is 212 g/mol. The normalized spacial score (nSPS) is 10.1. The largest absolute Gasteiger partial charge is 0.258 e. The first-order valence-corrected chi connectivity index (χ1v) is 5.09. The topological polar surface area (TPSA) is 42.3 Å². The molecule has 0 saturated carbocycles. The summed E-state index contributed by atoms with van der Waals surface area (Å²) in [6.07, 6.45) is 0. The zero-order valence-corrected chi connectivity index (χ0v) is 9.27. The van der Waals surface area contributed by atoms with Crippen LogP contribution >= 0.6 is 0 Å². The van der Waals surface area contributed by atoms with Crippen molar-refractivity contribution in [2.24, 2.45) is 5.18 Å². The molecule has 2 aromatic rings. The van der Waals surface area contributed by atoms with Crippen LogP contribution in [0.15, 0.2) is 41.6 Å². The molecule has 3 heteroatoms. The number of nitrogens with zero attached hydrogens (tertiary/aromatic N) is 2. The van der Waals surface area contributed by atoms with Gasteiger partial charge in [0, 0.05) is 17.0 Å². The van der Waals surface area contributed by atoms with Gasteiger partial charge in [0.1, 0.15) is 5.69 Å². The molecule has 0 spiro atoms. The minimum Gasteiger partial charge on any atom is -0.258 e. The van der Waals surface area contributed by atoms with Gasteiger partial charge in [-0.2, -0.15) is 0 Å². The number of benzene rings is 1. The Labute approximate surface area is 94.1 Å². The highest BCUT2D eigenvalue weighted by molar-refractivity contribution is 5.75. The minimum absolute atomic E-state index is 0.465. The van der Waals surface area contributed by atoms with Crippen molar-refractivity contribution in [1.29, 1.82) is 0 Å². The number of aryl methyl sites for hydroxylation is 2. The van der Waals surface area contributed by atoms with E-state index in [0.717, 1.165) is 22.5 Å². The SMILES string of the molecule is Cc1cc(-c2ccccc2N=O)cc(C)n1. The average Bonchev–Trinajstić information content (AvgIpc) is 2.27. The lowest BCUT2D eigenvalue weighted by molar-refractivity contribution is 1.12. The molecular weight excluding hydrogens is 200 g/mol. The molecule has 80 valence electrons. The third-order valence-corrected chi connectivity index (χ3v) is 2.39. The first-order chi connectivity index (χ1) is 7.70. The fourth-order valence-electron chi connectivity index (χ4n) is 1.79. The Morgan fingerprint density at radius 3 is 2.31 bits per heavy atom. The standard InChI is InChI=1S/C13H12N2O/c1-9-7-11(8-10(2)14-9)12-5-3-4-6-13(12)15-16/h3-8H,1-2H3. The molecule has 1 aromatic heterocycles. The number of hydrogen-bond donors (Lipinski definition) is 0. The summed E-state index contributed by atoms with van der Waals surface area (Å²) in [7, 11) is 0. The predicted octanol–water partition coefficient (Wildman–Crippen LogP) is 3.76. The van der Waals surface area contributed by atoms with E-state index in [1.165, 1.54) is 0 Å². The van der Waals surface area contributed by atoms with Crippen molar-refractivity contribution in [3.05, 3.63) is 52.7 Å². The summed E-state index contributed by atoms with van der Waals surface area (Å²) in [5, 5.41) is 3.04. The molecule has 0 unspecified atom stereocenters. The van der Waals surface area contributed by atoms with E-state index in [-0.39, 0.29) is 0 Å². The monoisotopic (exact) mass is 212 g/mol. The molecule has 0 aliphatic heterocycles. The number of rotatable bonds is 2. The third-order valence-electron chi connectivity index (χ3n) is 2.39. The fraction of sp³-hybridized carbons (Fsp3) is 0.154. The number of pyridine rings is 1. The molecular formula is C13H12N2O. The van der Waals surface area contributed by atoms with Crippen molar-refractivity contribution < 1.29 is 0 Å². The maximum atomic E-state index is 10.7. The van der Waals surface area contributed by atoms with Crippen LogP contribution in [0.3, 0.4) is 0 Å². The van der Waals surface area contributed by atoms with Crippen LogP contribution in [-0.2, 0) is 0 Å². The smallest absolute Gasteiger partial charge is 0.115 e. The third kappa shape index (κ3) is 1.98. The van der Waals surface area contributed by atoms with E-state index in [2.05, 4.69) is 10.2 Å². The molecule has 0 aliphatic carbocycles. The first-order valence-electron chi connectivity index (χ1n) is 5.09. The van der Waals surface area contributed by atoms with Gasteiger partial charge in [-0.3, -0.25) is 4.98 Å². The van der Waals surface area contributed by atoms with Gasteiger partial charge in [-0.1, -0.05) is 18.2 Å². The number of aromatic nitrogens is 1. The molecule has 0 bridgehead atoms. The molecule has 0 N–H and O–H groups in total. The van der Waals surface area contributed by atoms with Crippen molar-refractivity contribution in [3.63, 3.8) is 0 Å². The van der Waals surface area contributed by atoms with E-state index >= 15 is 0 Å². The predicted molar refractivity (Wildman–Crippen MR) is 64.6 cm³/mol. The van der Waals surface area contributed by atoms with Crippen LogP contribution in [0, 0.1) is 18.8 Å². The van der Waals surface area contributed by atoms with Gasteiger partial charge in [0.25, 0.3) is 0 Å². The van der Waals surface area contributed by atoms with Crippen molar-refractivity contribution in [1.82, 2.24) is 4.98 Å².